The van der Waals surface area contributed by atoms with Gasteiger partial charge in [0.25, 0.3) is 0 Å². The van der Waals surface area contributed by atoms with Gasteiger partial charge in [0.2, 0.25) is 5.91 Å². The molecule has 0 bridgehead atoms. The molecule has 0 spiro atoms. The van der Waals surface area contributed by atoms with Gasteiger partial charge in [0.15, 0.2) is 0 Å². The van der Waals surface area contributed by atoms with Crippen molar-refractivity contribution in [2.45, 2.75) is 31.8 Å². The maximum Gasteiger partial charge on any atom is 0.223 e. The summed E-state index contributed by atoms with van der Waals surface area (Å²) in [6.45, 7) is 0.491. The molecule has 2 atom stereocenters. The predicted molar refractivity (Wildman–Crippen MR) is 67.8 cm³/mol. The van der Waals surface area contributed by atoms with Gasteiger partial charge in [-0.25, -0.2) is 0 Å². The Kier molecular flexibility index (Phi) is 4.59. The van der Waals surface area contributed by atoms with Gasteiger partial charge in [0.05, 0.1) is 18.6 Å². The van der Waals surface area contributed by atoms with Gasteiger partial charge in [-0.2, -0.15) is 0 Å². The Hall–Kier alpha value is -1.55. The van der Waals surface area contributed by atoms with E-state index in [4.69, 9.17) is 4.42 Å². The Morgan fingerprint density at radius 2 is 2.44 bits per heavy atom. The van der Waals surface area contributed by atoms with Crippen molar-refractivity contribution >= 4 is 5.91 Å². The summed E-state index contributed by atoms with van der Waals surface area (Å²) in [4.78, 5) is 11.8. The number of carbonyl (C=O) groups is 1. The van der Waals surface area contributed by atoms with E-state index in [0.29, 0.717) is 13.0 Å². The van der Waals surface area contributed by atoms with E-state index >= 15 is 0 Å². The standard InChI is InChI=1S/C14H19NO3/c16-13(12-7-9-18-10-12)6-8-15-14(17)11-4-2-1-3-5-11/h1-2,7,9-11,13,16H,3-6,8H2,(H,15,17)/t11-,13-/m1/s1. The fourth-order valence-electron chi connectivity index (χ4n) is 2.14. The first-order valence-electron chi connectivity index (χ1n) is 6.40. The number of carbonyl (C=O) groups excluding carboxylic acids is 1. The second-order valence-corrected chi connectivity index (χ2v) is 4.63. The zero-order valence-electron chi connectivity index (χ0n) is 10.3. The van der Waals surface area contributed by atoms with Crippen molar-refractivity contribution in [1.29, 1.82) is 0 Å². The topological polar surface area (TPSA) is 62.5 Å². The van der Waals surface area contributed by atoms with E-state index < -0.39 is 6.10 Å². The van der Waals surface area contributed by atoms with Crippen LogP contribution in [0.2, 0.25) is 0 Å². The van der Waals surface area contributed by atoms with Crippen LogP contribution in [0.15, 0.2) is 35.2 Å². The van der Waals surface area contributed by atoms with Gasteiger partial charge < -0.3 is 14.8 Å². The summed E-state index contributed by atoms with van der Waals surface area (Å²) in [5, 5.41) is 12.7. The van der Waals surface area contributed by atoms with E-state index in [1.807, 2.05) is 0 Å². The third-order valence-electron chi connectivity index (χ3n) is 3.28. The molecule has 1 aromatic rings. The van der Waals surface area contributed by atoms with Crippen molar-refractivity contribution < 1.29 is 14.3 Å². The fourth-order valence-corrected chi connectivity index (χ4v) is 2.14. The number of rotatable bonds is 5. The highest BCUT2D eigenvalue weighted by Crippen LogP contribution is 2.19. The van der Waals surface area contributed by atoms with Crippen LogP contribution in [0.4, 0.5) is 0 Å². The van der Waals surface area contributed by atoms with Crippen LogP contribution in [0, 0.1) is 5.92 Å². The van der Waals surface area contributed by atoms with E-state index in [2.05, 4.69) is 17.5 Å². The highest BCUT2D eigenvalue weighted by molar-refractivity contribution is 5.78. The minimum Gasteiger partial charge on any atom is -0.472 e. The molecule has 0 aliphatic heterocycles. The molecule has 0 radical (unpaired) electrons. The molecule has 2 rings (SSSR count). The smallest absolute Gasteiger partial charge is 0.223 e. The number of allylic oxidation sites excluding steroid dienone is 2. The van der Waals surface area contributed by atoms with Gasteiger partial charge in [-0.05, 0) is 31.7 Å². The van der Waals surface area contributed by atoms with Crippen LogP contribution in [0.3, 0.4) is 0 Å². The van der Waals surface area contributed by atoms with E-state index in [1.54, 1.807) is 6.07 Å². The minimum absolute atomic E-state index is 0.0961. The Bertz CT molecular complexity index is 397. The first-order chi connectivity index (χ1) is 8.77. The van der Waals surface area contributed by atoms with Crippen LogP contribution in [0.25, 0.3) is 0 Å². The summed E-state index contributed by atoms with van der Waals surface area (Å²) >= 11 is 0. The van der Waals surface area contributed by atoms with Crippen molar-refractivity contribution in [3.05, 3.63) is 36.3 Å². The van der Waals surface area contributed by atoms with Crippen LogP contribution in [0.1, 0.15) is 37.4 Å². The Morgan fingerprint density at radius 1 is 1.56 bits per heavy atom. The van der Waals surface area contributed by atoms with Gasteiger partial charge in [0, 0.05) is 18.0 Å². The molecule has 0 fully saturated rings. The molecule has 1 heterocycles. The molecule has 0 saturated carbocycles. The molecule has 1 amide bonds. The van der Waals surface area contributed by atoms with Crippen LogP contribution >= 0.6 is 0 Å². The molecule has 1 aliphatic carbocycles. The molecule has 2 N–H and O–H groups in total. The van der Waals surface area contributed by atoms with Crippen molar-refractivity contribution in [3.63, 3.8) is 0 Å². The molecule has 1 aromatic heterocycles. The third kappa shape index (κ3) is 3.47. The lowest BCUT2D eigenvalue weighted by atomic mass is 9.93. The summed E-state index contributed by atoms with van der Waals surface area (Å²) in [5.74, 6) is 0.194. The number of nitrogens with one attached hydrogen (secondary N) is 1. The minimum atomic E-state index is -0.574. The maximum atomic E-state index is 11.8. The Balaban J connectivity index is 1.68. The molecule has 98 valence electrons. The fraction of sp³-hybridized carbons (Fsp3) is 0.500. The van der Waals surface area contributed by atoms with E-state index in [0.717, 1.165) is 24.8 Å². The SMILES string of the molecule is O=C(NCC[C@@H](O)c1ccoc1)[C@@H]1CC=CCC1. The molecule has 4 nitrogen and oxygen atoms in total. The van der Waals surface area contributed by atoms with Gasteiger partial charge in [-0.1, -0.05) is 12.2 Å². The summed E-state index contributed by atoms with van der Waals surface area (Å²) in [6.07, 6.45) is 9.91. The zero-order chi connectivity index (χ0) is 12.8. The van der Waals surface area contributed by atoms with Gasteiger partial charge in [-0.3, -0.25) is 4.79 Å². The Morgan fingerprint density at radius 3 is 3.11 bits per heavy atom. The zero-order valence-corrected chi connectivity index (χ0v) is 10.3. The average Bonchev–Trinajstić information content (AvgIpc) is 2.93. The summed E-state index contributed by atoms with van der Waals surface area (Å²) in [5.41, 5.74) is 0.754. The van der Waals surface area contributed by atoms with Crippen LogP contribution in [-0.4, -0.2) is 17.6 Å². The second kappa shape index (κ2) is 6.40. The number of aliphatic hydroxyl groups excluding tert-OH is 1. The van der Waals surface area contributed by atoms with Crippen molar-refractivity contribution in [1.82, 2.24) is 5.32 Å². The lowest BCUT2D eigenvalue weighted by molar-refractivity contribution is -0.125. The summed E-state index contributed by atoms with van der Waals surface area (Å²) in [6, 6.07) is 1.73. The highest BCUT2D eigenvalue weighted by Gasteiger charge is 2.18. The van der Waals surface area contributed by atoms with E-state index in [-0.39, 0.29) is 11.8 Å². The first-order valence-corrected chi connectivity index (χ1v) is 6.40. The lowest BCUT2D eigenvalue weighted by Gasteiger charge is -2.17. The molecule has 18 heavy (non-hydrogen) atoms. The number of furan rings is 1. The van der Waals surface area contributed by atoms with Gasteiger partial charge >= 0.3 is 0 Å². The summed E-state index contributed by atoms with van der Waals surface area (Å²) < 4.78 is 4.90. The van der Waals surface area contributed by atoms with Crippen molar-refractivity contribution in [2.24, 2.45) is 5.92 Å². The van der Waals surface area contributed by atoms with Crippen molar-refractivity contribution in [2.75, 3.05) is 6.54 Å². The first kappa shape index (κ1) is 12.9. The molecule has 0 saturated heterocycles. The molecule has 0 aromatic carbocycles. The number of amides is 1. The van der Waals surface area contributed by atoms with Gasteiger partial charge in [-0.15, -0.1) is 0 Å². The molecule has 4 heteroatoms. The molecular weight excluding hydrogens is 230 g/mol. The quantitative estimate of drug-likeness (QED) is 0.786. The lowest BCUT2D eigenvalue weighted by Crippen LogP contribution is -2.32. The van der Waals surface area contributed by atoms with Gasteiger partial charge in [0.1, 0.15) is 0 Å². The van der Waals surface area contributed by atoms with Crippen LogP contribution in [-0.2, 0) is 4.79 Å². The predicted octanol–water partition coefficient (Wildman–Crippen LogP) is 2.18. The number of hydrogen-bond donors (Lipinski definition) is 2. The largest absolute Gasteiger partial charge is 0.472 e. The number of aliphatic hydroxyl groups is 1. The highest BCUT2D eigenvalue weighted by atomic mass is 16.3. The third-order valence-corrected chi connectivity index (χ3v) is 3.28. The van der Waals surface area contributed by atoms with E-state index in [9.17, 15) is 9.90 Å². The van der Waals surface area contributed by atoms with Crippen LogP contribution < -0.4 is 5.32 Å². The van der Waals surface area contributed by atoms with E-state index in [1.165, 1.54) is 12.5 Å². The summed E-state index contributed by atoms with van der Waals surface area (Å²) in [7, 11) is 0. The maximum absolute atomic E-state index is 11.8. The Labute approximate surface area is 107 Å². The molecular formula is C14H19NO3. The molecule has 0 unspecified atom stereocenters. The number of hydrogen-bond acceptors (Lipinski definition) is 3. The van der Waals surface area contributed by atoms with Crippen molar-refractivity contribution in [3.8, 4) is 0 Å². The normalized spacial score (nSPS) is 20.6. The van der Waals surface area contributed by atoms with Crippen LogP contribution in [0.5, 0.6) is 0 Å². The monoisotopic (exact) mass is 249 g/mol. The molecule has 1 aliphatic rings. The average molecular weight is 249 g/mol. The second-order valence-electron chi connectivity index (χ2n) is 4.63.